The standard InChI is InChI=1S/5C3H4O2.Ta/c5*1-2-3(4)5;/h5*2H,1H2,(H,4,5);/q;;;;;+5/p-5. The molecular weight excluding hydrogens is 521 g/mol. The van der Waals surface area contributed by atoms with Crippen molar-refractivity contribution in [2.45, 2.75) is 0 Å². The second kappa shape index (κ2) is 33.4. The van der Waals surface area contributed by atoms with Crippen LogP contribution >= 0.6 is 0 Å². The van der Waals surface area contributed by atoms with Gasteiger partial charge in [-0.2, -0.15) is 0 Å². The molecule has 0 aliphatic carbocycles. The van der Waals surface area contributed by atoms with E-state index in [0.29, 0.717) is 0 Å². The maximum Gasteiger partial charge on any atom is 5.00 e. The Balaban J connectivity index is -0.0000000476. The second-order valence-electron chi connectivity index (χ2n) is 2.62. The van der Waals surface area contributed by atoms with Gasteiger partial charge in [0.1, 0.15) is 0 Å². The zero-order valence-corrected chi connectivity index (χ0v) is 16.7. The molecule has 0 spiro atoms. The SMILES string of the molecule is C=CC(=O)[O-].C=CC(=O)[O-].C=CC(=O)[O-].C=CC(=O)[O-].C=CC(=O)[O-].[Ta+5]. The van der Waals surface area contributed by atoms with Gasteiger partial charge in [-0.05, 0) is 30.4 Å². The number of aliphatic carboxylic acids is 5. The van der Waals surface area contributed by atoms with Crippen LogP contribution in [0.4, 0.5) is 0 Å². The third kappa shape index (κ3) is 177. The van der Waals surface area contributed by atoms with E-state index in [0.717, 1.165) is 30.4 Å². The van der Waals surface area contributed by atoms with Crippen LogP contribution in [-0.4, -0.2) is 29.8 Å². The van der Waals surface area contributed by atoms with Gasteiger partial charge >= 0.3 is 22.4 Å². The molecule has 140 valence electrons. The Morgan fingerprint density at radius 1 is 0.423 bits per heavy atom. The predicted octanol–water partition coefficient (Wildman–Crippen LogP) is -5.39. The largest absolute Gasteiger partial charge is 5.00 e. The number of rotatable bonds is 5. The first-order valence-electron chi connectivity index (χ1n) is 5.53. The Kier molecular flexibility index (Phi) is 49.3. The van der Waals surface area contributed by atoms with Crippen LogP contribution in [0.25, 0.3) is 0 Å². The van der Waals surface area contributed by atoms with Crippen LogP contribution < -0.4 is 25.5 Å². The Hall–Kier alpha value is -3.21. The van der Waals surface area contributed by atoms with E-state index in [1.54, 1.807) is 0 Å². The summed E-state index contributed by atoms with van der Waals surface area (Å²) in [6, 6.07) is 0. The average Bonchev–Trinajstić information content (AvgIpc) is 2.56. The maximum absolute atomic E-state index is 9.14. The average molecular weight is 536 g/mol. The molecule has 0 bridgehead atoms. The Morgan fingerprint density at radius 2 is 0.462 bits per heavy atom. The quantitative estimate of drug-likeness (QED) is 0.306. The van der Waals surface area contributed by atoms with Crippen molar-refractivity contribution in [1.82, 2.24) is 0 Å². The van der Waals surface area contributed by atoms with Crippen molar-refractivity contribution < 1.29 is 71.9 Å². The van der Waals surface area contributed by atoms with Gasteiger partial charge in [-0.25, -0.2) is 0 Å². The molecule has 10 nitrogen and oxygen atoms in total. The summed E-state index contributed by atoms with van der Waals surface area (Å²) in [5.74, 6) is -6.16. The number of hydrogen-bond acceptors (Lipinski definition) is 10. The van der Waals surface area contributed by atoms with Crippen molar-refractivity contribution in [3.8, 4) is 0 Å². The van der Waals surface area contributed by atoms with Crippen LogP contribution in [0.15, 0.2) is 63.3 Å². The molecule has 11 heteroatoms. The molecule has 0 saturated carbocycles. The van der Waals surface area contributed by atoms with Crippen LogP contribution in [-0.2, 0) is 46.4 Å². The van der Waals surface area contributed by atoms with Crippen molar-refractivity contribution >= 4 is 29.8 Å². The van der Waals surface area contributed by atoms with E-state index in [9.17, 15) is 0 Å². The van der Waals surface area contributed by atoms with Gasteiger partial charge in [-0.3, -0.25) is 0 Å². The normalized spacial score (nSPS) is 6.15. The van der Waals surface area contributed by atoms with Gasteiger partial charge in [0, 0.05) is 0 Å². The number of carboxylic acid groups (broad SMARTS) is 5. The summed E-state index contributed by atoms with van der Waals surface area (Å²) >= 11 is 0. The van der Waals surface area contributed by atoms with Crippen molar-refractivity contribution in [2.24, 2.45) is 0 Å². The second-order valence-corrected chi connectivity index (χ2v) is 2.62. The summed E-state index contributed by atoms with van der Waals surface area (Å²) in [6.45, 7) is 14.5. The van der Waals surface area contributed by atoms with E-state index in [-0.39, 0.29) is 22.4 Å². The summed E-state index contributed by atoms with van der Waals surface area (Å²) in [5.41, 5.74) is 0. The van der Waals surface area contributed by atoms with Crippen LogP contribution in [0.1, 0.15) is 0 Å². The zero-order valence-electron chi connectivity index (χ0n) is 13.5. The van der Waals surface area contributed by atoms with Gasteiger partial charge in [0.2, 0.25) is 0 Å². The minimum Gasteiger partial charge on any atom is -0.545 e. The molecular formula is C15H15O10Ta. The molecule has 0 radical (unpaired) electrons. The maximum atomic E-state index is 9.14. The third-order valence-electron chi connectivity index (χ3n) is 0.833. The smallest absolute Gasteiger partial charge is 0.545 e. The van der Waals surface area contributed by atoms with Gasteiger partial charge in [0.25, 0.3) is 0 Å². The predicted molar refractivity (Wildman–Crippen MR) is 76.0 cm³/mol. The van der Waals surface area contributed by atoms with Crippen LogP contribution in [0, 0.1) is 0 Å². The number of carbonyl (C=O) groups is 5. The Labute approximate surface area is 165 Å². The van der Waals surface area contributed by atoms with Crippen molar-refractivity contribution in [3.05, 3.63) is 63.3 Å². The van der Waals surface area contributed by atoms with E-state index >= 15 is 0 Å². The van der Waals surface area contributed by atoms with Crippen LogP contribution in [0.2, 0.25) is 0 Å². The zero-order chi connectivity index (χ0) is 21.4. The summed E-state index contributed by atoms with van der Waals surface area (Å²) < 4.78 is 0. The molecule has 0 fully saturated rings. The van der Waals surface area contributed by atoms with Crippen LogP contribution in [0.3, 0.4) is 0 Å². The molecule has 0 rings (SSSR count). The minimum atomic E-state index is -1.23. The molecule has 0 heterocycles. The molecule has 0 atom stereocenters. The van der Waals surface area contributed by atoms with Crippen molar-refractivity contribution in [2.75, 3.05) is 0 Å². The van der Waals surface area contributed by atoms with Crippen molar-refractivity contribution in [1.29, 1.82) is 0 Å². The summed E-state index contributed by atoms with van der Waals surface area (Å²) in [4.78, 5) is 45.7. The monoisotopic (exact) mass is 536 g/mol. The topological polar surface area (TPSA) is 201 Å². The molecule has 0 aromatic carbocycles. The van der Waals surface area contributed by atoms with Crippen molar-refractivity contribution in [3.63, 3.8) is 0 Å². The molecule has 0 aromatic heterocycles. The summed E-state index contributed by atoms with van der Waals surface area (Å²) in [6.07, 6.45) is 3.61. The van der Waals surface area contributed by atoms with E-state index in [2.05, 4.69) is 32.9 Å². The molecule has 0 unspecified atom stereocenters. The molecule has 0 N–H and O–H groups in total. The fraction of sp³-hybridized carbons (Fsp3) is 0. The minimum absolute atomic E-state index is 0. The van der Waals surface area contributed by atoms with Gasteiger partial charge < -0.3 is 49.5 Å². The molecule has 0 aromatic rings. The molecule has 0 amide bonds. The van der Waals surface area contributed by atoms with E-state index in [4.69, 9.17) is 49.5 Å². The molecule has 0 aliphatic heterocycles. The summed E-state index contributed by atoms with van der Waals surface area (Å²) in [5, 5.41) is 45.7. The fourth-order valence-corrected chi connectivity index (χ4v) is 0. The first kappa shape index (κ1) is 38.4. The number of hydrogen-bond donors (Lipinski definition) is 0. The van der Waals surface area contributed by atoms with Gasteiger partial charge in [0.05, 0.1) is 29.8 Å². The molecule has 0 aliphatic rings. The molecule has 26 heavy (non-hydrogen) atoms. The number of carbonyl (C=O) groups excluding carboxylic acids is 5. The van der Waals surface area contributed by atoms with Gasteiger partial charge in [-0.1, -0.05) is 32.9 Å². The van der Waals surface area contributed by atoms with Gasteiger partial charge in [0.15, 0.2) is 0 Å². The Bertz CT molecular complexity index is 390. The Morgan fingerprint density at radius 3 is 0.462 bits per heavy atom. The third-order valence-corrected chi connectivity index (χ3v) is 0.833. The molecule has 0 saturated heterocycles. The van der Waals surface area contributed by atoms with Gasteiger partial charge in [-0.15, -0.1) is 0 Å². The van der Waals surface area contributed by atoms with Crippen LogP contribution in [0.5, 0.6) is 0 Å². The van der Waals surface area contributed by atoms with E-state index in [1.165, 1.54) is 0 Å². The first-order valence-corrected chi connectivity index (χ1v) is 5.53. The fourth-order valence-electron chi connectivity index (χ4n) is 0. The van der Waals surface area contributed by atoms with E-state index < -0.39 is 29.8 Å². The summed E-state index contributed by atoms with van der Waals surface area (Å²) in [7, 11) is 0. The van der Waals surface area contributed by atoms with E-state index in [1.807, 2.05) is 0 Å². The number of carboxylic acids is 5. The first-order chi connectivity index (χ1) is 11.4.